The second kappa shape index (κ2) is 6.84. The van der Waals surface area contributed by atoms with Gasteiger partial charge < -0.3 is 15.2 Å². The molecule has 0 aliphatic heterocycles. The van der Waals surface area contributed by atoms with E-state index in [0.717, 1.165) is 0 Å². The molecule has 6 heteroatoms. The summed E-state index contributed by atoms with van der Waals surface area (Å²) in [5.41, 5.74) is 6.15. The summed E-state index contributed by atoms with van der Waals surface area (Å²) in [6.45, 7) is 1.81. The fourth-order valence-corrected chi connectivity index (χ4v) is 1.35. The predicted octanol–water partition coefficient (Wildman–Crippen LogP) is 2.01. The van der Waals surface area contributed by atoms with Crippen LogP contribution in [0.2, 0.25) is 5.02 Å². The molecule has 18 heavy (non-hydrogen) atoms. The molecule has 2 N–H and O–H groups in total. The number of ether oxygens (including phenoxy) is 2. The van der Waals surface area contributed by atoms with Gasteiger partial charge in [-0.2, -0.15) is 5.26 Å². The number of benzene rings is 1. The molecule has 0 fully saturated rings. The Hall–Kier alpha value is -1.77. The lowest BCUT2D eigenvalue weighted by Crippen LogP contribution is -2.15. The summed E-state index contributed by atoms with van der Waals surface area (Å²) in [4.78, 5) is 11.7. The van der Waals surface area contributed by atoms with Gasteiger partial charge in [-0.3, -0.25) is 0 Å². The molecule has 0 saturated carbocycles. The zero-order valence-electron chi connectivity index (χ0n) is 9.85. The maximum absolute atomic E-state index is 11.7. The molecule has 1 aromatic carbocycles. The Balaban J connectivity index is 2.46. The molecule has 96 valence electrons. The molecule has 0 aliphatic rings. The number of anilines is 1. The van der Waals surface area contributed by atoms with Crippen molar-refractivity contribution in [2.75, 3.05) is 18.9 Å². The van der Waals surface area contributed by atoms with Gasteiger partial charge in [0.25, 0.3) is 0 Å². The summed E-state index contributed by atoms with van der Waals surface area (Å²) in [6, 6.07) is 6.47. The number of hydrogen-bond acceptors (Lipinski definition) is 5. The highest BCUT2D eigenvalue weighted by atomic mass is 35.5. The summed E-state index contributed by atoms with van der Waals surface area (Å²) >= 11 is 5.76. The Morgan fingerprint density at radius 1 is 1.56 bits per heavy atom. The number of halogens is 1. The lowest BCUT2D eigenvalue weighted by Gasteiger charge is -2.08. The normalized spacial score (nSPS) is 11.6. The molecule has 0 aromatic heterocycles. The van der Waals surface area contributed by atoms with Crippen molar-refractivity contribution < 1.29 is 14.3 Å². The van der Waals surface area contributed by atoms with Crippen LogP contribution < -0.4 is 5.73 Å². The number of nitrogens with two attached hydrogens (primary N) is 1. The molecule has 1 rings (SSSR count). The van der Waals surface area contributed by atoms with Crippen molar-refractivity contribution in [2.45, 2.75) is 13.0 Å². The average Bonchev–Trinajstić information content (AvgIpc) is 2.36. The summed E-state index contributed by atoms with van der Waals surface area (Å²) < 4.78 is 9.98. The van der Waals surface area contributed by atoms with E-state index in [2.05, 4.69) is 0 Å². The van der Waals surface area contributed by atoms with Crippen LogP contribution in [-0.4, -0.2) is 25.3 Å². The van der Waals surface area contributed by atoms with Gasteiger partial charge in [0.1, 0.15) is 12.7 Å². The van der Waals surface area contributed by atoms with E-state index in [0.29, 0.717) is 10.7 Å². The van der Waals surface area contributed by atoms with Gasteiger partial charge in [0.2, 0.25) is 0 Å². The Bertz CT molecular complexity index is 471. The Kier molecular flexibility index (Phi) is 5.43. The van der Waals surface area contributed by atoms with Crippen LogP contribution in [0.15, 0.2) is 18.2 Å². The van der Waals surface area contributed by atoms with Crippen molar-refractivity contribution in [2.24, 2.45) is 0 Å². The molecule has 0 aliphatic carbocycles. The van der Waals surface area contributed by atoms with Crippen molar-refractivity contribution in [3.8, 4) is 6.07 Å². The van der Waals surface area contributed by atoms with E-state index in [9.17, 15) is 4.79 Å². The molecule has 1 atom stereocenters. The van der Waals surface area contributed by atoms with Gasteiger partial charge in [0, 0.05) is 10.7 Å². The predicted molar refractivity (Wildman–Crippen MR) is 67.2 cm³/mol. The monoisotopic (exact) mass is 268 g/mol. The first-order valence-corrected chi connectivity index (χ1v) is 5.65. The van der Waals surface area contributed by atoms with Crippen molar-refractivity contribution >= 4 is 23.3 Å². The van der Waals surface area contributed by atoms with Gasteiger partial charge in [0.15, 0.2) is 0 Å². The number of carbonyl (C=O) groups is 1. The van der Waals surface area contributed by atoms with Gasteiger partial charge >= 0.3 is 5.97 Å². The first kappa shape index (κ1) is 14.3. The number of esters is 1. The highest BCUT2D eigenvalue weighted by Crippen LogP contribution is 2.18. The minimum Gasteiger partial charge on any atom is -0.460 e. The highest BCUT2D eigenvalue weighted by Gasteiger charge is 2.11. The average molecular weight is 269 g/mol. The summed E-state index contributed by atoms with van der Waals surface area (Å²) in [6.07, 6.45) is -0.528. The van der Waals surface area contributed by atoms with Crippen molar-refractivity contribution in [1.29, 1.82) is 5.26 Å². The van der Waals surface area contributed by atoms with Crippen LogP contribution in [0, 0.1) is 11.3 Å². The third-order valence-electron chi connectivity index (χ3n) is 2.10. The fourth-order valence-electron chi connectivity index (χ4n) is 1.18. The van der Waals surface area contributed by atoms with Crippen LogP contribution >= 0.6 is 11.6 Å². The molecular weight excluding hydrogens is 256 g/mol. The maximum atomic E-state index is 11.7. The Morgan fingerprint density at radius 2 is 2.28 bits per heavy atom. The van der Waals surface area contributed by atoms with Crippen LogP contribution in [0.4, 0.5) is 5.69 Å². The lowest BCUT2D eigenvalue weighted by atomic mass is 10.2. The molecule has 0 spiro atoms. The smallest absolute Gasteiger partial charge is 0.340 e. The standard InChI is InChI=1S/C12H13ClN2O3/c1-8(7-14)17-4-5-18-12(16)10-6-9(13)2-3-11(10)15/h2-3,6,8H,4-5,15H2,1H3. The Morgan fingerprint density at radius 3 is 2.94 bits per heavy atom. The van der Waals surface area contributed by atoms with Crippen molar-refractivity contribution in [3.63, 3.8) is 0 Å². The molecule has 1 aromatic rings. The fraction of sp³-hybridized carbons (Fsp3) is 0.333. The zero-order chi connectivity index (χ0) is 13.5. The van der Waals surface area contributed by atoms with E-state index in [-0.39, 0.29) is 18.8 Å². The molecule has 0 bridgehead atoms. The van der Waals surface area contributed by atoms with E-state index in [1.54, 1.807) is 13.0 Å². The topological polar surface area (TPSA) is 85.3 Å². The molecule has 1 unspecified atom stereocenters. The summed E-state index contributed by atoms with van der Waals surface area (Å²) in [5.74, 6) is -0.566. The number of nitriles is 1. The molecular formula is C12H13ClN2O3. The highest BCUT2D eigenvalue weighted by molar-refractivity contribution is 6.31. The van der Waals surface area contributed by atoms with Crippen LogP contribution in [0.3, 0.4) is 0 Å². The second-order valence-corrected chi connectivity index (χ2v) is 3.95. The minimum atomic E-state index is -0.566. The second-order valence-electron chi connectivity index (χ2n) is 3.51. The maximum Gasteiger partial charge on any atom is 0.340 e. The number of nitrogen functional groups attached to an aromatic ring is 1. The van der Waals surface area contributed by atoms with E-state index in [4.69, 9.17) is 32.1 Å². The van der Waals surface area contributed by atoms with Crippen LogP contribution in [0.25, 0.3) is 0 Å². The Labute approximate surface area is 110 Å². The zero-order valence-corrected chi connectivity index (χ0v) is 10.6. The van der Waals surface area contributed by atoms with E-state index >= 15 is 0 Å². The largest absolute Gasteiger partial charge is 0.460 e. The number of hydrogen-bond donors (Lipinski definition) is 1. The van der Waals surface area contributed by atoms with E-state index in [1.807, 2.05) is 6.07 Å². The van der Waals surface area contributed by atoms with E-state index in [1.165, 1.54) is 12.1 Å². The molecule has 0 heterocycles. The molecule has 0 amide bonds. The first-order chi connectivity index (χ1) is 8.54. The van der Waals surface area contributed by atoms with Crippen LogP contribution in [-0.2, 0) is 9.47 Å². The SMILES string of the molecule is CC(C#N)OCCOC(=O)c1cc(Cl)ccc1N. The summed E-state index contributed by atoms with van der Waals surface area (Å²) in [7, 11) is 0. The van der Waals surface area contributed by atoms with Crippen LogP contribution in [0.1, 0.15) is 17.3 Å². The van der Waals surface area contributed by atoms with E-state index < -0.39 is 12.1 Å². The first-order valence-electron chi connectivity index (χ1n) is 5.28. The van der Waals surface area contributed by atoms with Crippen LogP contribution in [0.5, 0.6) is 0 Å². The third-order valence-corrected chi connectivity index (χ3v) is 2.34. The minimum absolute atomic E-state index is 0.0524. The van der Waals surface area contributed by atoms with Gasteiger partial charge in [-0.1, -0.05) is 11.6 Å². The molecule has 0 saturated heterocycles. The third kappa shape index (κ3) is 4.24. The van der Waals surface area contributed by atoms with Gasteiger partial charge in [-0.15, -0.1) is 0 Å². The molecule has 5 nitrogen and oxygen atoms in total. The van der Waals surface area contributed by atoms with Gasteiger partial charge in [-0.25, -0.2) is 4.79 Å². The number of carbonyl (C=O) groups excluding carboxylic acids is 1. The number of nitrogens with zero attached hydrogens (tertiary/aromatic N) is 1. The molecule has 0 radical (unpaired) electrons. The quantitative estimate of drug-likeness (QED) is 0.501. The summed E-state index contributed by atoms with van der Waals surface area (Å²) in [5, 5.41) is 8.88. The number of rotatable bonds is 5. The van der Waals surface area contributed by atoms with Crippen molar-refractivity contribution in [3.05, 3.63) is 28.8 Å². The lowest BCUT2D eigenvalue weighted by molar-refractivity contribution is 0.0248. The van der Waals surface area contributed by atoms with Gasteiger partial charge in [-0.05, 0) is 25.1 Å². The van der Waals surface area contributed by atoms with Crippen molar-refractivity contribution in [1.82, 2.24) is 0 Å². The van der Waals surface area contributed by atoms with Gasteiger partial charge in [0.05, 0.1) is 18.2 Å².